The first kappa shape index (κ1) is 7.72. The van der Waals surface area contributed by atoms with Gasteiger partial charge in [0.15, 0.2) is 0 Å². The van der Waals surface area contributed by atoms with Crippen LogP contribution in [0.3, 0.4) is 0 Å². The second-order valence-corrected chi connectivity index (χ2v) is 2.12. The lowest BCUT2D eigenvalue weighted by atomic mass is 10.3. The average molecular weight is 150 g/mol. The maximum atomic E-state index is 10.3. The summed E-state index contributed by atoms with van der Waals surface area (Å²) in [6.07, 6.45) is 2.42. The van der Waals surface area contributed by atoms with Gasteiger partial charge < -0.3 is 5.32 Å². The Morgan fingerprint density at radius 2 is 2.55 bits per heavy atom. The van der Waals surface area contributed by atoms with Gasteiger partial charge in [0.25, 0.3) is 0 Å². The highest BCUT2D eigenvalue weighted by atomic mass is 16.1. The highest BCUT2D eigenvalue weighted by Crippen LogP contribution is 2.03. The fraction of sp³-hybridized carbons (Fsp3) is 0.250. The average Bonchev–Trinajstić information content (AvgIpc) is 2.06. The molecule has 0 radical (unpaired) electrons. The molecule has 0 unspecified atom stereocenters. The zero-order valence-electron chi connectivity index (χ0n) is 6.37. The van der Waals surface area contributed by atoms with Crippen molar-refractivity contribution < 1.29 is 4.79 Å². The third-order valence-electron chi connectivity index (χ3n) is 1.28. The van der Waals surface area contributed by atoms with E-state index in [4.69, 9.17) is 0 Å². The van der Waals surface area contributed by atoms with Crippen molar-refractivity contribution in [3.05, 3.63) is 23.9 Å². The van der Waals surface area contributed by atoms with Crippen LogP contribution in [0.5, 0.6) is 0 Å². The quantitative estimate of drug-likeness (QED) is 0.661. The molecule has 0 aliphatic rings. The van der Waals surface area contributed by atoms with E-state index in [9.17, 15) is 4.79 Å². The van der Waals surface area contributed by atoms with Crippen molar-refractivity contribution >= 4 is 12.1 Å². The summed E-state index contributed by atoms with van der Waals surface area (Å²) in [5.41, 5.74) is 0.649. The first-order valence-electron chi connectivity index (χ1n) is 3.52. The number of aldehydes is 1. The van der Waals surface area contributed by atoms with Crippen LogP contribution in [0.1, 0.15) is 17.3 Å². The minimum atomic E-state index is 0.649. The highest BCUT2D eigenvalue weighted by molar-refractivity contribution is 5.75. The molecule has 0 aliphatic heterocycles. The van der Waals surface area contributed by atoms with Crippen LogP contribution < -0.4 is 5.32 Å². The van der Waals surface area contributed by atoms with Gasteiger partial charge in [0.1, 0.15) is 12.1 Å². The molecule has 1 aromatic heterocycles. The van der Waals surface area contributed by atoms with Crippen molar-refractivity contribution in [3.63, 3.8) is 0 Å². The van der Waals surface area contributed by atoms with Crippen molar-refractivity contribution in [1.82, 2.24) is 4.98 Å². The van der Waals surface area contributed by atoms with E-state index in [2.05, 4.69) is 10.3 Å². The minimum absolute atomic E-state index is 0.649. The van der Waals surface area contributed by atoms with E-state index in [1.54, 1.807) is 18.3 Å². The van der Waals surface area contributed by atoms with Crippen LogP contribution in [0.15, 0.2) is 18.3 Å². The zero-order chi connectivity index (χ0) is 8.10. The summed E-state index contributed by atoms with van der Waals surface area (Å²) in [6.45, 7) is 2.80. The number of carbonyl (C=O) groups is 1. The van der Waals surface area contributed by atoms with Gasteiger partial charge in [-0.2, -0.15) is 0 Å². The SMILES string of the molecule is CCNc1cc(C=O)ccn1. The minimum Gasteiger partial charge on any atom is -0.370 e. The van der Waals surface area contributed by atoms with Crippen molar-refractivity contribution in [1.29, 1.82) is 0 Å². The van der Waals surface area contributed by atoms with Gasteiger partial charge in [-0.1, -0.05) is 0 Å². The largest absolute Gasteiger partial charge is 0.370 e. The molecular formula is C8H10N2O. The van der Waals surface area contributed by atoms with Gasteiger partial charge in [-0.15, -0.1) is 0 Å². The van der Waals surface area contributed by atoms with Gasteiger partial charge in [-0.05, 0) is 19.1 Å². The van der Waals surface area contributed by atoms with Gasteiger partial charge >= 0.3 is 0 Å². The number of aromatic nitrogens is 1. The van der Waals surface area contributed by atoms with E-state index >= 15 is 0 Å². The molecule has 0 aromatic carbocycles. The Hall–Kier alpha value is -1.38. The number of rotatable bonds is 3. The number of hydrogen-bond acceptors (Lipinski definition) is 3. The molecule has 0 atom stereocenters. The summed E-state index contributed by atoms with van der Waals surface area (Å²) in [5.74, 6) is 0.747. The van der Waals surface area contributed by atoms with Crippen LogP contribution in [-0.2, 0) is 0 Å². The lowest BCUT2D eigenvalue weighted by molar-refractivity contribution is 0.112. The summed E-state index contributed by atoms with van der Waals surface area (Å²) < 4.78 is 0. The van der Waals surface area contributed by atoms with Gasteiger partial charge in [-0.3, -0.25) is 4.79 Å². The molecule has 0 saturated heterocycles. The highest BCUT2D eigenvalue weighted by Gasteiger charge is 1.92. The van der Waals surface area contributed by atoms with Crippen LogP contribution in [0.4, 0.5) is 5.82 Å². The summed E-state index contributed by atoms with van der Waals surface area (Å²) in [6, 6.07) is 3.39. The predicted octanol–water partition coefficient (Wildman–Crippen LogP) is 1.33. The number of anilines is 1. The van der Waals surface area contributed by atoms with Crippen molar-refractivity contribution in [2.45, 2.75) is 6.92 Å². The molecular weight excluding hydrogens is 140 g/mol. The number of pyridine rings is 1. The van der Waals surface area contributed by atoms with E-state index in [-0.39, 0.29) is 0 Å². The number of carbonyl (C=O) groups excluding carboxylic acids is 1. The standard InChI is InChI=1S/C8H10N2O/c1-2-9-8-5-7(6-11)3-4-10-8/h3-6H,2H2,1H3,(H,9,10). The molecule has 11 heavy (non-hydrogen) atoms. The summed E-state index contributed by atoms with van der Waals surface area (Å²) in [5, 5.41) is 3.01. The van der Waals surface area contributed by atoms with E-state index in [1.807, 2.05) is 6.92 Å². The molecule has 0 bridgehead atoms. The van der Waals surface area contributed by atoms with Crippen molar-refractivity contribution in [3.8, 4) is 0 Å². The molecule has 1 heterocycles. The molecule has 0 saturated carbocycles. The Balaban J connectivity index is 2.82. The van der Waals surface area contributed by atoms with Gasteiger partial charge in [0, 0.05) is 18.3 Å². The first-order valence-corrected chi connectivity index (χ1v) is 3.52. The summed E-state index contributed by atoms with van der Waals surface area (Å²) in [7, 11) is 0. The van der Waals surface area contributed by atoms with Crippen LogP contribution in [-0.4, -0.2) is 17.8 Å². The van der Waals surface area contributed by atoms with E-state index in [0.717, 1.165) is 18.6 Å². The number of nitrogens with one attached hydrogen (secondary N) is 1. The third kappa shape index (κ3) is 2.04. The molecule has 3 nitrogen and oxygen atoms in total. The smallest absolute Gasteiger partial charge is 0.150 e. The van der Waals surface area contributed by atoms with Crippen LogP contribution >= 0.6 is 0 Å². The second kappa shape index (κ2) is 3.71. The van der Waals surface area contributed by atoms with E-state index in [1.165, 1.54) is 0 Å². The van der Waals surface area contributed by atoms with Gasteiger partial charge in [0.2, 0.25) is 0 Å². The Labute approximate surface area is 65.5 Å². The molecule has 1 N–H and O–H groups in total. The topological polar surface area (TPSA) is 42.0 Å². The molecule has 3 heteroatoms. The van der Waals surface area contributed by atoms with Crippen molar-refractivity contribution in [2.75, 3.05) is 11.9 Å². The summed E-state index contributed by atoms with van der Waals surface area (Å²) >= 11 is 0. The molecule has 0 fully saturated rings. The Kier molecular flexibility index (Phi) is 2.60. The second-order valence-electron chi connectivity index (χ2n) is 2.12. The van der Waals surface area contributed by atoms with Crippen LogP contribution in [0.2, 0.25) is 0 Å². The fourth-order valence-corrected chi connectivity index (χ4v) is 0.798. The molecule has 58 valence electrons. The fourth-order valence-electron chi connectivity index (χ4n) is 0.798. The normalized spacial score (nSPS) is 9.18. The maximum absolute atomic E-state index is 10.3. The Morgan fingerprint density at radius 3 is 3.18 bits per heavy atom. The Bertz CT molecular complexity index is 248. The first-order chi connectivity index (χ1) is 5.36. The lowest BCUT2D eigenvalue weighted by Gasteiger charge is -2.00. The van der Waals surface area contributed by atoms with Gasteiger partial charge in [-0.25, -0.2) is 4.98 Å². The molecule has 0 spiro atoms. The molecule has 1 aromatic rings. The van der Waals surface area contributed by atoms with Crippen LogP contribution in [0.25, 0.3) is 0 Å². The van der Waals surface area contributed by atoms with Crippen LogP contribution in [0, 0.1) is 0 Å². The number of hydrogen-bond donors (Lipinski definition) is 1. The molecule has 0 amide bonds. The van der Waals surface area contributed by atoms with E-state index in [0.29, 0.717) is 5.56 Å². The van der Waals surface area contributed by atoms with Crippen molar-refractivity contribution in [2.24, 2.45) is 0 Å². The lowest BCUT2D eigenvalue weighted by Crippen LogP contribution is -1.99. The zero-order valence-corrected chi connectivity index (χ0v) is 6.37. The van der Waals surface area contributed by atoms with E-state index < -0.39 is 0 Å². The predicted molar refractivity (Wildman–Crippen MR) is 43.8 cm³/mol. The molecule has 0 aliphatic carbocycles. The third-order valence-corrected chi connectivity index (χ3v) is 1.28. The monoisotopic (exact) mass is 150 g/mol. The molecule has 1 rings (SSSR count). The Morgan fingerprint density at radius 1 is 1.73 bits per heavy atom. The number of nitrogens with zero attached hydrogens (tertiary/aromatic N) is 1. The maximum Gasteiger partial charge on any atom is 0.150 e. The summed E-state index contributed by atoms with van der Waals surface area (Å²) in [4.78, 5) is 14.3. The van der Waals surface area contributed by atoms with Gasteiger partial charge in [0.05, 0.1) is 0 Å².